The molecule has 1 heterocycles. The van der Waals surface area contributed by atoms with E-state index in [0.29, 0.717) is 12.8 Å². The van der Waals surface area contributed by atoms with Crippen molar-refractivity contribution in [1.82, 2.24) is 0 Å². The summed E-state index contributed by atoms with van der Waals surface area (Å²) in [6, 6.07) is 0. The van der Waals surface area contributed by atoms with E-state index in [2.05, 4.69) is 26.0 Å². The number of carbonyl (C=O) groups excluding carboxylic acids is 1. The molecule has 1 rings (SSSR count). The molecule has 0 bridgehead atoms. The second-order valence-corrected chi connectivity index (χ2v) is 10.1. The Morgan fingerprint density at radius 3 is 2.08 bits per heavy atom. The van der Waals surface area contributed by atoms with Gasteiger partial charge < -0.3 is 34.6 Å². The lowest BCUT2D eigenvalue weighted by molar-refractivity contribution is -0.304. The molecule has 9 nitrogen and oxygen atoms in total. The Balaban J connectivity index is 2.74. The topological polar surface area (TPSA) is 143 Å². The van der Waals surface area contributed by atoms with Gasteiger partial charge in [0.2, 0.25) is 0 Å². The third kappa shape index (κ3) is 14.3. The number of unbranched alkanes of at least 4 members (excludes halogenated alkanes) is 7. The SMILES string of the molecule is CCCC/C=C\CCCC(CC(=O)OC(CCCCCCC)CC(=O)O)OC1O[C@@H](C)[C@H](O)[C@@H](O)[C@H]1O. The van der Waals surface area contributed by atoms with Gasteiger partial charge in [-0.05, 0) is 45.4 Å². The monoisotopic (exact) mass is 530 g/mol. The van der Waals surface area contributed by atoms with Crippen molar-refractivity contribution in [1.29, 1.82) is 0 Å². The minimum Gasteiger partial charge on any atom is -0.481 e. The number of esters is 1. The summed E-state index contributed by atoms with van der Waals surface area (Å²) >= 11 is 0. The van der Waals surface area contributed by atoms with E-state index < -0.39 is 54.9 Å². The maximum absolute atomic E-state index is 12.8. The predicted octanol–water partition coefficient (Wildman–Crippen LogP) is 4.25. The van der Waals surface area contributed by atoms with Crippen LogP contribution in [0.4, 0.5) is 0 Å². The first-order chi connectivity index (χ1) is 17.7. The van der Waals surface area contributed by atoms with Crippen LogP contribution in [0.5, 0.6) is 0 Å². The van der Waals surface area contributed by atoms with Crippen LogP contribution in [0.2, 0.25) is 0 Å². The van der Waals surface area contributed by atoms with Crippen LogP contribution in [0.15, 0.2) is 12.2 Å². The number of carboxylic acids is 1. The molecule has 1 aliphatic rings. The number of hydrogen-bond acceptors (Lipinski definition) is 8. The molecule has 0 aliphatic carbocycles. The molecule has 37 heavy (non-hydrogen) atoms. The fourth-order valence-corrected chi connectivity index (χ4v) is 4.35. The first-order valence-corrected chi connectivity index (χ1v) is 14.1. The molecule has 0 aromatic carbocycles. The van der Waals surface area contributed by atoms with Gasteiger partial charge in [-0.15, -0.1) is 0 Å². The average Bonchev–Trinajstić information content (AvgIpc) is 2.84. The van der Waals surface area contributed by atoms with E-state index in [-0.39, 0.29) is 12.8 Å². The van der Waals surface area contributed by atoms with Gasteiger partial charge in [-0.2, -0.15) is 0 Å². The van der Waals surface area contributed by atoms with Gasteiger partial charge in [-0.25, -0.2) is 0 Å². The molecule has 1 saturated heterocycles. The molecular weight excluding hydrogens is 480 g/mol. The first kappa shape index (κ1) is 33.5. The van der Waals surface area contributed by atoms with Crippen molar-refractivity contribution in [3.63, 3.8) is 0 Å². The van der Waals surface area contributed by atoms with Crippen LogP contribution in [0.25, 0.3) is 0 Å². The number of aliphatic hydroxyl groups excluding tert-OH is 3. The zero-order valence-corrected chi connectivity index (χ0v) is 22.9. The second kappa shape index (κ2) is 19.5. The first-order valence-electron chi connectivity index (χ1n) is 14.1. The van der Waals surface area contributed by atoms with Crippen LogP contribution in [0.3, 0.4) is 0 Å². The molecule has 4 N–H and O–H groups in total. The van der Waals surface area contributed by atoms with Crippen LogP contribution < -0.4 is 0 Å². The highest BCUT2D eigenvalue weighted by molar-refractivity contribution is 5.72. The molecule has 9 heteroatoms. The molecule has 1 fully saturated rings. The van der Waals surface area contributed by atoms with Gasteiger partial charge in [0, 0.05) is 0 Å². The quantitative estimate of drug-likeness (QED) is 0.103. The summed E-state index contributed by atoms with van der Waals surface area (Å²) in [6.45, 7) is 5.83. The van der Waals surface area contributed by atoms with Crippen molar-refractivity contribution >= 4 is 11.9 Å². The van der Waals surface area contributed by atoms with Crippen molar-refractivity contribution in [2.75, 3.05) is 0 Å². The lowest BCUT2D eigenvalue weighted by Crippen LogP contribution is -2.58. The fraction of sp³-hybridized carbons (Fsp3) is 0.857. The second-order valence-electron chi connectivity index (χ2n) is 10.1. The van der Waals surface area contributed by atoms with E-state index in [9.17, 15) is 30.0 Å². The molecule has 0 radical (unpaired) electrons. The molecule has 0 saturated carbocycles. The predicted molar refractivity (Wildman–Crippen MR) is 140 cm³/mol. The van der Waals surface area contributed by atoms with Gasteiger partial charge in [-0.1, -0.05) is 64.5 Å². The standard InChI is InChI=1S/C28H50O9/c1-4-6-8-10-11-13-15-17-22(37-28-27(34)26(33)25(32)20(3)35-28)19-24(31)36-21(18-23(29)30)16-14-12-9-7-5-2/h10-11,20-22,25-28,32-34H,4-9,12-19H2,1-3H3,(H,29,30)/b11-10-/t20-,21?,22?,25-,26+,27+,28?/m0/s1. The van der Waals surface area contributed by atoms with E-state index in [1.807, 2.05) is 0 Å². The van der Waals surface area contributed by atoms with Gasteiger partial charge in [0.05, 0.1) is 25.0 Å². The summed E-state index contributed by atoms with van der Waals surface area (Å²) in [5.74, 6) is -1.59. The number of aliphatic hydroxyl groups is 3. The normalized spacial score (nSPS) is 25.7. The highest BCUT2D eigenvalue weighted by atomic mass is 16.7. The Morgan fingerprint density at radius 2 is 1.43 bits per heavy atom. The highest BCUT2D eigenvalue weighted by Gasteiger charge is 2.43. The van der Waals surface area contributed by atoms with Crippen LogP contribution in [-0.4, -0.2) is 75.3 Å². The van der Waals surface area contributed by atoms with Crippen molar-refractivity contribution in [2.24, 2.45) is 0 Å². The van der Waals surface area contributed by atoms with E-state index >= 15 is 0 Å². The molecule has 0 amide bonds. The highest BCUT2D eigenvalue weighted by Crippen LogP contribution is 2.25. The van der Waals surface area contributed by atoms with Crippen molar-refractivity contribution in [2.45, 2.75) is 154 Å². The summed E-state index contributed by atoms with van der Waals surface area (Å²) in [5.41, 5.74) is 0. The summed E-state index contributed by atoms with van der Waals surface area (Å²) in [6.07, 6.45) is 7.17. The van der Waals surface area contributed by atoms with Crippen LogP contribution >= 0.6 is 0 Å². The third-order valence-corrected chi connectivity index (χ3v) is 6.65. The summed E-state index contributed by atoms with van der Waals surface area (Å²) in [4.78, 5) is 24.1. The number of ether oxygens (including phenoxy) is 3. The Kier molecular flexibility index (Phi) is 17.7. The van der Waals surface area contributed by atoms with Crippen molar-refractivity contribution in [3.05, 3.63) is 12.2 Å². The maximum atomic E-state index is 12.8. The third-order valence-electron chi connectivity index (χ3n) is 6.65. The molecule has 1 aliphatic heterocycles. The largest absolute Gasteiger partial charge is 0.481 e. The Morgan fingerprint density at radius 1 is 0.811 bits per heavy atom. The molecule has 0 aromatic rings. The summed E-state index contributed by atoms with van der Waals surface area (Å²) < 4.78 is 17.0. The van der Waals surface area contributed by atoms with Gasteiger partial charge >= 0.3 is 11.9 Å². The average molecular weight is 531 g/mol. The number of carboxylic acid groups (broad SMARTS) is 1. The Labute approximate surface area is 222 Å². The summed E-state index contributed by atoms with van der Waals surface area (Å²) in [7, 11) is 0. The van der Waals surface area contributed by atoms with E-state index in [4.69, 9.17) is 14.2 Å². The van der Waals surface area contributed by atoms with Crippen molar-refractivity contribution < 1.29 is 44.2 Å². The zero-order chi connectivity index (χ0) is 27.6. The minimum absolute atomic E-state index is 0.134. The van der Waals surface area contributed by atoms with Gasteiger partial charge in [0.25, 0.3) is 0 Å². The number of allylic oxidation sites excluding steroid dienone is 2. The van der Waals surface area contributed by atoms with Crippen LogP contribution in [0.1, 0.15) is 111 Å². The Hall–Kier alpha value is -1.52. The molecule has 0 spiro atoms. The smallest absolute Gasteiger partial charge is 0.308 e. The fourth-order valence-electron chi connectivity index (χ4n) is 4.35. The summed E-state index contributed by atoms with van der Waals surface area (Å²) in [5, 5.41) is 39.7. The molecule has 7 atom stereocenters. The Bertz CT molecular complexity index is 654. The van der Waals surface area contributed by atoms with Gasteiger partial charge in [-0.3, -0.25) is 9.59 Å². The minimum atomic E-state index is -1.47. The van der Waals surface area contributed by atoms with Gasteiger partial charge in [0.1, 0.15) is 24.4 Å². The number of hydrogen-bond donors (Lipinski definition) is 4. The molecule has 0 aromatic heterocycles. The van der Waals surface area contributed by atoms with Crippen LogP contribution in [0, 0.1) is 0 Å². The molecule has 3 unspecified atom stereocenters. The van der Waals surface area contributed by atoms with Crippen molar-refractivity contribution in [3.8, 4) is 0 Å². The lowest BCUT2D eigenvalue weighted by Gasteiger charge is -2.40. The molecule has 216 valence electrons. The molecular formula is C28H50O9. The number of carbonyl (C=O) groups is 2. The number of rotatable bonds is 20. The van der Waals surface area contributed by atoms with E-state index in [1.54, 1.807) is 6.92 Å². The maximum Gasteiger partial charge on any atom is 0.308 e. The number of aliphatic carboxylic acids is 1. The van der Waals surface area contributed by atoms with Gasteiger partial charge in [0.15, 0.2) is 6.29 Å². The zero-order valence-electron chi connectivity index (χ0n) is 22.9. The van der Waals surface area contributed by atoms with E-state index in [1.165, 1.54) is 0 Å². The lowest BCUT2D eigenvalue weighted by atomic mass is 10.00. The van der Waals surface area contributed by atoms with Crippen LogP contribution in [-0.2, 0) is 23.8 Å². The van der Waals surface area contributed by atoms with E-state index in [0.717, 1.165) is 64.2 Å².